The zero-order chi connectivity index (χ0) is 33.4. The lowest BCUT2D eigenvalue weighted by Crippen LogP contribution is -2.39. The molecule has 0 spiro atoms. The summed E-state index contributed by atoms with van der Waals surface area (Å²) in [6, 6.07) is 24.7. The van der Waals surface area contributed by atoms with Crippen molar-refractivity contribution in [2.24, 2.45) is 5.73 Å². The highest BCUT2D eigenvalue weighted by molar-refractivity contribution is 9.10. The summed E-state index contributed by atoms with van der Waals surface area (Å²) in [5.74, 6) is -0.544. The largest absolute Gasteiger partial charge is 0.493 e. The molecule has 238 valence electrons. The van der Waals surface area contributed by atoms with E-state index in [0.717, 1.165) is 27.2 Å². The molecule has 12 heteroatoms. The molecule has 1 aliphatic carbocycles. The van der Waals surface area contributed by atoms with Crippen LogP contribution in [0.3, 0.4) is 0 Å². The Bertz CT molecular complexity index is 1960. The third-order valence-electron chi connectivity index (χ3n) is 8.46. The predicted octanol–water partition coefficient (Wildman–Crippen LogP) is 6.00. The van der Waals surface area contributed by atoms with Gasteiger partial charge >= 0.3 is 6.09 Å². The molecule has 0 fully saturated rings. The molecule has 0 bridgehead atoms. The van der Waals surface area contributed by atoms with Crippen LogP contribution in [0.4, 0.5) is 16.2 Å². The van der Waals surface area contributed by atoms with Gasteiger partial charge in [-0.2, -0.15) is 5.26 Å². The minimum Gasteiger partial charge on any atom is -0.493 e. The van der Waals surface area contributed by atoms with Crippen LogP contribution in [0.15, 0.2) is 88.7 Å². The molecule has 2 aliphatic rings. The summed E-state index contributed by atoms with van der Waals surface area (Å²) in [6.45, 7) is -0.350. The summed E-state index contributed by atoms with van der Waals surface area (Å²) in [4.78, 5) is 26.8. The number of anilines is 2. The zero-order valence-corrected chi connectivity index (χ0v) is 27.0. The minimum absolute atomic E-state index is 0.0702. The molecule has 0 aromatic heterocycles. The summed E-state index contributed by atoms with van der Waals surface area (Å²) < 4.78 is 17.4. The smallest absolute Gasteiger partial charge is 0.407 e. The lowest BCUT2D eigenvalue weighted by atomic mass is 9.83. The first kappa shape index (κ1) is 31.3. The number of benzene rings is 4. The number of rotatable bonds is 8. The van der Waals surface area contributed by atoms with Crippen LogP contribution in [0.2, 0.25) is 0 Å². The van der Waals surface area contributed by atoms with E-state index in [-0.39, 0.29) is 41.0 Å². The maximum atomic E-state index is 13.3. The van der Waals surface area contributed by atoms with Crippen molar-refractivity contribution in [3.05, 3.63) is 111 Å². The number of nitrogens with one attached hydrogen (secondary N) is 1. The van der Waals surface area contributed by atoms with E-state index in [2.05, 4.69) is 27.3 Å². The number of carboxylic acid groups (broad SMARTS) is 1. The molecular formula is C35H30BrN5O6. The Morgan fingerprint density at radius 3 is 2.26 bits per heavy atom. The quantitative estimate of drug-likeness (QED) is 0.161. The van der Waals surface area contributed by atoms with Crippen molar-refractivity contribution in [2.75, 3.05) is 38.4 Å². The van der Waals surface area contributed by atoms with Gasteiger partial charge in [0.2, 0.25) is 11.8 Å². The van der Waals surface area contributed by atoms with Crippen LogP contribution >= 0.6 is 15.9 Å². The number of nitrogens with zero attached hydrogens (tertiary/aromatic N) is 2. The van der Waals surface area contributed by atoms with Gasteiger partial charge in [-0.1, -0.05) is 54.6 Å². The maximum Gasteiger partial charge on any atom is 0.407 e. The Balaban J connectivity index is 1.27. The number of halogens is 1. The second-order valence-electron chi connectivity index (χ2n) is 11.0. The van der Waals surface area contributed by atoms with Gasteiger partial charge in [0, 0.05) is 18.0 Å². The molecule has 1 atom stereocenters. The van der Waals surface area contributed by atoms with Crippen molar-refractivity contribution in [3.8, 4) is 34.4 Å². The first-order valence-electron chi connectivity index (χ1n) is 14.5. The number of carbonyl (C=O) groups is 2. The Morgan fingerprint density at radius 1 is 1.00 bits per heavy atom. The van der Waals surface area contributed by atoms with E-state index in [0.29, 0.717) is 27.1 Å². The number of nitrogens with two attached hydrogens (primary N) is 2. The highest BCUT2D eigenvalue weighted by atomic mass is 79.9. The van der Waals surface area contributed by atoms with Gasteiger partial charge in [-0.25, -0.2) is 4.79 Å². The van der Waals surface area contributed by atoms with Crippen LogP contribution in [0, 0.1) is 11.3 Å². The van der Waals surface area contributed by atoms with Gasteiger partial charge in [-0.3, -0.25) is 9.69 Å². The minimum atomic E-state index is -1.23. The van der Waals surface area contributed by atoms with Crippen molar-refractivity contribution in [1.82, 2.24) is 4.90 Å². The molecule has 1 unspecified atom stereocenters. The second kappa shape index (κ2) is 12.6. The average molecular weight is 697 g/mol. The number of hydrogen-bond acceptors (Lipinski definition) is 8. The summed E-state index contributed by atoms with van der Waals surface area (Å²) in [5.41, 5.74) is 18.5. The molecule has 1 heterocycles. The number of nitrogen functional groups attached to an aromatic ring is 1. The highest BCUT2D eigenvalue weighted by Gasteiger charge is 2.35. The van der Waals surface area contributed by atoms with Crippen molar-refractivity contribution in [2.45, 2.75) is 11.8 Å². The number of amides is 2. The van der Waals surface area contributed by atoms with E-state index in [4.69, 9.17) is 25.7 Å². The average Bonchev–Trinajstić information content (AvgIpc) is 3.38. The zero-order valence-electron chi connectivity index (χ0n) is 25.4. The Hall–Kier alpha value is -5.67. The van der Waals surface area contributed by atoms with Gasteiger partial charge in [0.05, 0.1) is 36.0 Å². The molecule has 6 N–H and O–H groups in total. The fraction of sp³-hybridized carbons (Fsp3) is 0.171. The highest BCUT2D eigenvalue weighted by Crippen LogP contribution is 2.49. The first-order valence-corrected chi connectivity index (χ1v) is 15.3. The maximum absolute atomic E-state index is 13.3. The fourth-order valence-corrected chi connectivity index (χ4v) is 6.97. The van der Waals surface area contributed by atoms with Crippen LogP contribution in [0.25, 0.3) is 11.1 Å². The molecule has 1 aliphatic heterocycles. The molecule has 4 aromatic carbocycles. The van der Waals surface area contributed by atoms with E-state index >= 15 is 0 Å². The van der Waals surface area contributed by atoms with E-state index in [1.54, 1.807) is 24.3 Å². The third-order valence-corrected chi connectivity index (χ3v) is 9.05. The number of ether oxygens (including phenoxy) is 3. The van der Waals surface area contributed by atoms with Crippen molar-refractivity contribution in [3.63, 3.8) is 0 Å². The van der Waals surface area contributed by atoms with Gasteiger partial charge < -0.3 is 36.1 Å². The van der Waals surface area contributed by atoms with Crippen molar-refractivity contribution < 1.29 is 28.9 Å². The molecule has 47 heavy (non-hydrogen) atoms. The topological polar surface area (TPSA) is 173 Å². The normalized spacial score (nSPS) is 14.6. The lowest BCUT2D eigenvalue weighted by molar-refractivity contribution is -0.117. The van der Waals surface area contributed by atoms with Crippen LogP contribution in [-0.4, -0.2) is 49.3 Å². The van der Waals surface area contributed by atoms with E-state index in [9.17, 15) is 20.0 Å². The Labute approximate surface area is 279 Å². The first-order chi connectivity index (χ1) is 22.7. The summed E-state index contributed by atoms with van der Waals surface area (Å²) >= 11 is 3.50. The Kier molecular flexibility index (Phi) is 8.40. The van der Waals surface area contributed by atoms with Gasteiger partial charge in [0.25, 0.3) is 0 Å². The van der Waals surface area contributed by atoms with Gasteiger partial charge in [0.15, 0.2) is 17.2 Å². The number of carbonyl (C=O) groups excluding carboxylic acids is 1. The van der Waals surface area contributed by atoms with Crippen molar-refractivity contribution >= 4 is 39.3 Å². The molecule has 0 saturated heterocycles. The van der Waals surface area contributed by atoms with E-state index in [1.165, 1.54) is 14.2 Å². The van der Waals surface area contributed by atoms with Crippen molar-refractivity contribution in [1.29, 1.82) is 5.26 Å². The monoisotopic (exact) mass is 695 g/mol. The summed E-state index contributed by atoms with van der Waals surface area (Å²) in [6.07, 6.45) is -1.23. The number of allylic oxidation sites excluding steroid dienone is 1. The van der Waals surface area contributed by atoms with Gasteiger partial charge in [0.1, 0.15) is 18.2 Å². The second-order valence-corrected chi connectivity index (χ2v) is 11.9. The van der Waals surface area contributed by atoms with Gasteiger partial charge in [-0.15, -0.1) is 0 Å². The fourth-order valence-electron chi connectivity index (χ4n) is 6.35. The molecule has 6 rings (SSSR count). The number of nitriles is 1. The molecule has 2 amide bonds. The van der Waals surface area contributed by atoms with Crippen LogP contribution in [0.1, 0.15) is 34.1 Å². The predicted molar refractivity (Wildman–Crippen MR) is 179 cm³/mol. The number of hydrogen-bond donors (Lipinski definition) is 4. The van der Waals surface area contributed by atoms with Crippen LogP contribution in [0.5, 0.6) is 17.2 Å². The SMILES string of the molecule is COc1cc(C2C(C#N)=C(N)Oc3c2ccc(NC(=O)CN(CC2c4ccccc4-c4ccccc42)C(=O)O)c3N)cc(Br)c1OC. The lowest BCUT2D eigenvalue weighted by Gasteiger charge is -2.29. The number of methoxy groups -OCH3 is 2. The van der Waals surface area contributed by atoms with Gasteiger partial charge in [-0.05, 0) is 61.9 Å². The number of fused-ring (bicyclic) bond motifs is 4. The third kappa shape index (κ3) is 5.55. The van der Waals surface area contributed by atoms with Crippen LogP contribution < -0.4 is 31.0 Å². The standard InChI is InChI=1S/C35H30BrN5O6/c1-45-28-14-18(13-26(36)33(28)46-2)30-23-11-12-27(31(38)32(23)47-34(39)24(30)15-37)40-29(42)17-41(35(43)44)16-25-21-9-5-3-7-19(21)20-8-4-6-10-22(20)25/h3-14,25,30H,16-17,38-39H2,1-2H3,(H,40,42)(H,43,44). The molecule has 4 aromatic rings. The molecular weight excluding hydrogens is 666 g/mol. The van der Waals surface area contributed by atoms with Crippen LogP contribution in [-0.2, 0) is 4.79 Å². The van der Waals surface area contributed by atoms with E-state index < -0.39 is 24.5 Å². The summed E-state index contributed by atoms with van der Waals surface area (Å²) in [5, 5.41) is 22.8. The molecule has 11 nitrogen and oxygen atoms in total. The molecule has 0 saturated carbocycles. The molecule has 0 radical (unpaired) electrons. The Morgan fingerprint density at radius 2 is 1.66 bits per heavy atom. The van der Waals surface area contributed by atoms with E-state index in [1.807, 2.05) is 48.5 Å². The summed E-state index contributed by atoms with van der Waals surface area (Å²) in [7, 11) is 3.02.